The Kier molecular flexibility index (Phi) is 7.19. The largest absolute Gasteiger partial charge is 0.493 e. The molecule has 1 fully saturated rings. The number of hydrogen-bond acceptors (Lipinski definition) is 5. The Labute approximate surface area is 181 Å². The van der Waals surface area contributed by atoms with E-state index in [1.807, 2.05) is 6.07 Å². The SMILES string of the molecule is COc1ccc(NC(=O)CN2CCCN(Cc3ccccc3Cl)S2(=O)=O)cc1OC. The van der Waals surface area contributed by atoms with Crippen molar-refractivity contribution >= 4 is 33.4 Å². The van der Waals surface area contributed by atoms with Crippen molar-refractivity contribution in [1.82, 2.24) is 8.61 Å². The number of hydrogen-bond donors (Lipinski definition) is 1. The average Bonchev–Trinajstić information content (AvgIpc) is 2.72. The number of halogens is 1. The number of carbonyl (C=O) groups is 1. The zero-order valence-corrected chi connectivity index (χ0v) is 18.4. The second kappa shape index (κ2) is 9.65. The van der Waals surface area contributed by atoms with Gasteiger partial charge in [0, 0.05) is 36.4 Å². The number of nitrogens with zero attached hydrogens (tertiary/aromatic N) is 2. The Bertz CT molecular complexity index is 1020. The number of carbonyl (C=O) groups excluding carboxylic acids is 1. The molecule has 1 aliphatic heterocycles. The first kappa shape index (κ1) is 22.4. The van der Waals surface area contributed by atoms with E-state index in [1.165, 1.54) is 22.8 Å². The molecular weight excluding hydrogens is 430 g/mol. The summed E-state index contributed by atoms with van der Waals surface area (Å²) in [5, 5.41) is 3.22. The van der Waals surface area contributed by atoms with Gasteiger partial charge in [-0.2, -0.15) is 17.0 Å². The van der Waals surface area contributed by atoms with E-state index in [9.17, 15) is 13.2 Å². The predicted molar refractivity (Wildman–Crippen MR) is 115 cm³/mol. The van der Waals surface area contributed by atoms with E-state index in [4.69, 9.17) is 21.1 Å². The normalized spacial score (nSPS) is 16.8. The third-order valence-corrected chi connectivity index (χ3v) is 7.06. The summed E-state index contributed by atoms with van der Waals surface area (Å²) in [4.78, 5) is 12.5. The van der Waals surface area contributed by atoms with Crippen molar-refractivity contribution in [2.24, 2.45) is 0 Å². The van der Waals surface area contributed by atoms with Gasteiger partial charge in [0.2, 0.25) is 5.91 Å². The maximum Gasteiger partial charge on any atom is 0.282 e. The van der Waals surface area contributed by atoms with Gasteiger partial charge >= 0.3 is 0 Å². The van der Waals surface area contributed by atoms with Crippen molar-refractivity contribution in [3.8, 4) is 11.5 Å². The zero-order chi connectivity index (χ0) is 21.7. The van der Waals surface area contributed by atoms with Gasteiger partial charge in [0.1, 0.15) is 0 Å². The fraction of sp³-hybridized carbons (Fsp3) is 0.350. The van der Waals surface area contributed by atoms with Gasteiger partial charge in [-0.1, -0.05) is 29.8 Å². The molecule has 1 N–H and O–H groups in total. The molecule has 0 aliphatic carbocycles. The maximum atomic E-state index is 13.0. The van der Waals surface area contributed by atoms with Crippen molar-refractivity contribution in [2.45, 2.75) is 13.0 Å². The van der Waals surface area contributed by atoms with E-state index in [2.05, 4.69) is 5.32 Å². The second-order valence-electron chi connectivity index (χ2n) is 6.74. The molecule has 1 amide bonds. The quantitative estimate of drug-likeness (QED) is 0.696. The Morgan fingerprint density at radius 1 is 1.07 bits per heavy atom. The minimum absolute atomic E-state index is 0.163. The van der Waals surface area contributed by atoms with E-state index in [1.54, 1.807) is 36.4 Å². The molecule has 0 atom stereocenters. The molecule has 1 saturated heterocycles. The maximum absolute atomic E-state index is 13.0. The van der Waals surface area contributed by atoms with E-state index >= 15 is 0 Å². The third-order valence-electron chi connectivity index (χ3n) is 4.76. The summed E-state index contributed by atoms with van der Waals surface area (Å²) in [6.45, 7) is 0.535. The molecule has 8 nitrogen and oxygen atoms in total. The van der Waals surface area contributed by atoms with Crippen LogP contribution in [0.25, 0.3) is 0 Å². The molecule has 1 heterocycles. The molecule has 2 aromatic carbocycles. The molecule has 0 spiro atoms. The number of ether oxygens (including phenoxy) is 2. The predicted octanol–water partition coefficient (Wildman–Crippen LogP) is 2.75. The summed E-state index contributed by atoms with van der Waals surface area (Å²) in [6.07, 6.45) is 0.618. The summed E-state index contributed by atoms with van der Waals surface area (Å²) in [6, 6.07) is 12.1. The molecule has 0 aromatic heterocycles. The fourth-order valence-corrected chi connectivity index (χ4v) is 5.05. The fourth-order valence-electron chi connectivity index (χ4n) is 3.23. The van der Waals surface area contributed by atoms with Gasteiger partial charge in [-0.15, -0.1) is 0 Å². The van der Waals surface area contributed by atoms with Crippen molar-refractivity contribution in [3.63, 3.8) is 0 Å². The van der Waals surface area contributed by atoms with Crippen LogP contribution in [0.1, 0.15) is 12.0 Å². The molecule has 30 heavy (non-hydrogen) atoms. The highest BCUT2D eigenvalue weighted by molar-refractivity contribution is 7.86. The molecule has 0 unspecified atom stereocenters. The lowest BCUT2D eigenvalue weighted by atomic mass is 10.2. The van der Waals surface area contributed by atoms with Crippen LogP contribution in [0.15, 0.2) is 42.5 Å². The second-order valence-corrected chi connectivity index (χ2v) is 9.07. The topological polar surface area (TPSA) is 88.2 Å². The average molecular weight is 454 g/mol. The van der Waals surface area contributed by atoms with Crippen LogP contribution in [0.2, 0.25) is 5.02 Å². The van der Waals surface area contributed by atoms with Crippen LogP contribution >= 0.6 is 11.6 Å². The van der Waals surface area contributed by atoms with Crippen LogP contribution < -0.4 is 14.8 Å². The Hall–Kier alpha value is -2.33. The molecule has 10 heteroatoms. The van der Waals surface area contributed by atoms with Crippen molar-refractivity contribution < 1.29 is 22.7 Å². The Morgan fingerprint density at radius 2 is 1.77 bits per heavy atom. The molecule has 3 rings (SSSR count). The highest BCUT2D eigenvalue weighted by atomic mass is 35.5. The number of nitrogens with one attached hydrogen (secondary N) is 1. The highest BCUT2D eigenvalue weighted by Gasteiger charge is 2.35. The van der Waals surface area contributed by atoms with Crippen LogP contribution in [-0.2, 0) is 21.5 Å². The lowest BCUT2D eigenvalue weighted by molar-refractivity contribution is -0.116. The summed E-state index contributed by atoms with van der Waals surface area (Å²) >= 11 is 6.18. The van der Waals surface area contributed by atoms with Gasteiger partial charge in [-0.3, -0.25) is 4.79 Å². The molecule has 0 bridgehead atoms. The van der Waals surface area contributed by atoms with Gasteiger partial charge in [-0.25, -0.2) is 0 Å². The smallest absolute Gasteiger partial charge is 0.282 e. The molecule has 2 aromatic rings. The molecule has 0 saturated carbocycles. The summed E-state index contributed by atoms with van der Waals surface area (Å²) in [5.74, 6) is 0.557. The van der Waals surface area contributed by atoms with Gasteiger partial charge in [0.05, 0.1) is 20.8 Å². The van der Waals surface area contributed by atoms with Crippen molar-refractivity contribution in [3.05, 3.63) is 53.1 Å². The van der Waals surface area contributed by atoms with Crippen LogP contribution in [0.4, 0.5) is 5.69 Å². The standard InChI is InChI=1S/C20H24ClN3O5S/c1-28-18-9-8-16(12-19(18)29-2)22-20(25)14-24-11-5-10-23(30(24,26)27)13-15-6-3-4-7-17(15)21/h3-4,6-9,12H,5,10-11,13-14H2,1-2H3,(H,22,25). The van der Waals surface area contributed by atoms with Crippen LogP contribution in [0, 0.1) is 0 Å². The minimum atomic E-state index is -3.79. The first-order chi connectivity index (χ1) is 14.3. The minimum Gasteiger partial charge on any atom is -0.493 e. The number of amides is 1. The molecular formula is C20H24ClN3O5S. The summed E-state index contributed by atoms with van der Waals surface area (Å²) in [7, 11) is -0.771. The van der Waals surface area contributed by atoms with E-state index in [0.717, 1.165) is 5.56 Å². The summed E-state index contributed by atoms with van der Waals surface area (Å²) in [5.41, 5.74) is 1.21. The Morgan fingerprint density at radius 3 is 2.47 bits per heavy atom. The van der Waals surface area contributed by atoms with Crippen LogP contribution in [0.5, 0.6) is 11.5 Å². The van der Waals surface area contributed by atoms with Crippen molar-refractivity contribution in [2.75, 3.05) is 39.2 Å². The third kappa shape index (κ3) is 5.04. The highest BCUT2D eigenvalue weighted by Crippen LogP contribution is 2.30. The van der Waals surface area contributed by atoms with Gasteiger partial charge < -0.3 is 14.8 Å². The van der Waals surface area contributed by atoms with Crippen molar-refractivity contribution in [1.29, 1.82) is 0 Å². The Balaban J connectivity index is 1.68. The lowest BCUT2D eigenvalue weighted by Gasteiger charge is -2.34. The van der Waals surface area contributed by atoms with E-state index in [0.29, 0.717) is 35.2 Å². The first-order valence-corrected chi connectivity index (χ1v) is 11.1. The van der Waals surface area contributed by atoms with Gasteiger partial charge in [0.25, 0.3) is 10.2 Å². The summed E-state index contributed by atoms with van der Waals surface area (Å²) < 4.78 is 38.9. The van der Waals surface area contributed by atoms with E-state index in [-0.39, 0.29) is 19.6 Å². The van der Waals surface area contributed by atoms with E-state index < -0.39 is 16.1 Å². The molecule has 0 radical (unpaired) electrons. The number of methoxy groups -OCH3 is 2. The van der Waals surface area contributed by atoms with Gasteiger partial charge in [-0.05, 0) is 30.2 Å². The molecule has 1 aliphatic rings. The molecule has 162 valence electrons. The van der Waals surface area contributed by atoms with Crippen LogP contribution in [-0.4, -0.2) is 56.8 Å². The first-order valence-electron chi connectivity index (χ1n) is 9.35. The number of rotatable bonds is 7. The number of benzene rings is 2. The zero-order valence-electron chi connectivity index (χ0n) is 16.8. The number of anilines is 1. The van der Waals surface area contributed by atoms with Crippen LogP contribution in [0.3, 0.4) is 0 Å². The monoisotopic (exact) mass is 453 g/mol. The lowest BCUT2D eigenvalue weighted by Crippen LogP contribution is -2.51. The van der Waals surface area contributed by atoms with Gasteiger partial charge in [0.15, 0.2) is 11.5 Å².